The second kappa shape index (κ2) is 10.1. The first-order valence-electron chi connectivity index (χ1n) is 6.76. The molecule has 0 spiro atoms. The largest absolute Gasteiger partial charge is 0.311 e. The van der Waals surface area contributed by atoms with Gasteiger partial charge >= 0.3 is 0 Å². The van der Waals surface area contributed by atoms with Gasteiger partial charge in [0.1, 0.15) is 0 Å². The van der Waals surface area contributed by atoms with Crippen LogP contribution in [0.1, 0.15) is 65.7 Å². The van der Waals surface area contributed by atoms with Crippen LogP contribution >= 0.6 is 0 Å². The van der Waals surface area contributed by atoms with Gasteiger partial charge in [0.15, 0.2) is 0 Å². The molecule has 0 aromatic heterocycles. The van der Waals surface area contributed by atoms with E-state index in [1.165, 1.54) is 38.5 Å². The fraction of sp³-hybridized carbons (Fsp3) is 1.00. The highest BCUT2D eigenvalue weighted by Gasteiger charge is 2.25. The van der Waals surface area contributed by atoms with E-state index in [0.29, 0.717) is 12.1 Å². The van der Waals surface area contributed by atoms with Crippen LogP contribution in [0.15, 0.2) is 0 Å². The van der Waals surface area contributed by atoms with Crippen molar-refractivity contribution in [2.75, 3.05) is 13.2 Å². The van der Waals surface area contributed by atoms with Crippen LogP contribution in [0.25, 0.3) is 0 Å². The highest BCUT2D eigenvalue weighted by Crippen LogP contribution is 2.25. The Morgan fingerprint density at radius 1 is 1.00 bits per heavy atom. The van der Waals surface area contributed by atoms with Gasteiger partial charge in [-0.3, -0.25) is 5.26 Å². The summed E-state index contributed by atoms with van der Waals surface area (Å²) in [5, 5.41) is 12.0. The summed E-state index contributed by atoms with van der Waals surface area (Å²) in [7, 11) is 0. The van der Waals surface area contributed by atoms with E-state index in [0.717, 1.165) is 13.0 Å². The van der Waals surface area contributed by atoms with Gasteiger partial charge in [-0.25, -0.2) is 4.89 Å². The van der Waals surface area contributed by atoms with Crippen LogP contribution in [-0.4, -0.2) is 23.9 Å². The van der Waals surface area contributed by atoms with E-state index in [4.69, 9.17) is 5.26 Å². The van der Waals surface area contributed by atoms with Crippen molar-refractivity contribution in [3.63, 3.8) is 0 Å². The van der Waals surface area contributed by atoms with Crippen molar-refractivity contribution in [2.45, 2.75) is 71.3 Å². The Balaban J connectivity index is 4.12. The minimum atomic E-state index is 0.313. The van der Waals surface area contributed by atoms with E-state index in [-0.39, 0.29) is 0 Å². The van der Waals surface area contributed by atoms with Crippen LogP contribution in [0.4, 0.5) is 0 Å². The van der Waals surface area contributed by atoms with Crippen LogP contribution in [0.3, 0.4) is 0 Å². The molecule has 0 aliphatic rings. The van der Waals surface area contributed by atoms with Gasteiger partial charge in [0.2, 0.25) is 0 Å². The molecule has 0 aromatic carbocycles. The lowest BCUT2D eigenvalue weighted by molar-refractivity contribution is -0.242. The van der Waals surface area contributed by atoms with E-state index in [1.807, 2.05) is 0 Å². The molecule has 16 heavy (non-hydrogen) atoms. The van der Waals surface area contributed by atoms with E-state index in [9.17, 15) is 0 Å². The van der Waals surface area contributed by atoms with E-state index in [1.54, 1.807) is 0 Å². The van der Waals surface area contributed by atoms with Crippen molar-refractivity contribution >= 4 is 0 Å². The highest BCUT2D eigenvalue weighted by atomic mass is 17.1. The van der Waals surface area contributed by atoms with Gasteiger partial charge in [0.25, 0.3) is 0 Å². The van der Waals surface area contributed by atoms with Gasteiger partial charge in [-0.05, 0) is 32.2 Å². The van der Waals surface area contributed by atoms with E-state index in [2.05, 4.69) is 31.0 Å². The topological polar surface area (TPSA) is 41.5 Å². The zero-order chi connectivity index (χ0) is 12.3. The second-order valence-corrected chi connectivity index (χ2v) is 4.64. The Morgan fingerprint density at radius 2 is 1.50 bits per heavy atom. The maximum absolute atomic E-state index is 8.28. The number of hydrogen-bond acceptors (Lipinski definition) is 3. The standard InChI is InChI=1S/C13H29NO2/c1-4-8-13(9-5-2,10-6-3)14-11-7-12-16-15/h14-15H,4-12H2,1-3H3. The lowest BCUT2D eigenvalue weighted by Gasteiger charge is -2.35. The molecule has 98 valence electrons. The summed E-state index contributed by atoms with van der Waals surface area (Å²) >= 11 is 0. The molecular weight excluding hydrogens is 202 g/mol. The SMILES string of the molecule is CCCC(CCC)(CCC)NCCCOO. The van der Waals surface area contributed by atoms with E-state index >= 15 is 0 Å². The maximum atomic E-state index is 8.28. The molecule has 0 saturated heterocycles. The number of nitrogens with one attached hydrogen (secondary N) is 1. The van der Waals surface area contributed by atoms with Crippen LogP contribution in [0, 0.1) is 0 Å². The van der Waals surface area contributed by atoms with Crippen LogP contribution < -0.4 is 5.32 Å². The smallest absolute Gasteiger partial charge is 0.0831 e. The minimum absolute atomic E-state index is 0.313. The molecule has 0 atom stereocenters. The lowest BCUT2D eigenvalue weighted by Crippen LogP contribution is -2.45. The number of rotatable bonds is 11. The molecule has 3 heteroatoms. The van der Waals surface area contributed by atoms with Gasteiger partial charge < -0.3 is 5.32 Å². The predicted octanol–water partition coefficient (Wildman–Crippen LogP) is 3.59. The fourth-order valence-electron chi connectivity index (χ4n) is 2.57. The molecule has 2 N–H and O–H groups in total. The lowest BCUT2D eigenvalue weighted by atomic mass is 9.84. The van der Waals surface area contributed by atoms with Crippen molar-refractivity contribution < 1.29 is 10.1 Å². The van der Waals surface area contributed by atoms with Gasteiger partial charge in [-0.1, -0.05) is 40.0 Å². The molecule has 0 radical (unpaired) electrons. The third-order valence-corrected chi connectivity index (χ3v) is 3.10. The van der Waals surface area contributed by atoms with Crippen molar-refractivity contribution in [2.24, 2.45) is 0 Å². The van der Waals surface area contributed by atoms with Crippen LogP contribution in [-0.2, 0) is 4.89 Å². The van der Waals surface area contributed by atoms with Crippen molar-refractivity contribution in [1.29, 1.82) is 0 Å². The Morgan fingerprint density at radius 3 is 1.88 bits per heavy atom. The Bertz CT molecular complexity index is 134. The monoisotopic (exact) mass is 231 g/mol. The minimum Gasteiger partial charge on any atom is -0.311 e. The fourth-order valence-corrected chi connectivity index (χ4v) is 2.57. The quantitative estimate of drug-likeness (QED) is 0.324. The maximum Gasteiger partial charge on any atom is 0.0831 e. The van der Waals surface area contributed by atoms with Gasteiger partial charge in [0.05, 0.1) is 6.61 Å². The summed E-state index contributed by atoms with van der Waals surface area (Å²) in [5.41, 5.74) is 0.313. The molecule has 0 amide bonds. The summed E-state index contributed by atoms with van der Waals surface area (Å²) in [6.07, 6.45) is 8.28. The Kier molecular flexibility index (Phi) is 9.99. The zero-order valence-corrected chi connectivity index (χ0v) is 11.2. The molecule has 3 nitrogen and oxygen atoms in total. The first-order valence-corrected chi connectivity index (χ1v) is 6.76. The van der Waals surface area contributed by atoms with Crippen molar-refractivity contribution in [3.8, 4) is 0 Å². The summed E-state index contributed by atoms with van der Waals surface area (Å²) < 4.78 is 0. The molecule has 0 rings (SSSR count). The predicted molar refractivity (Wildman–Crippen MR) is 68.7 cm³/mol. The summed E-state index contributed by atoms with van der Waals surface area (Å²) in [4.78, 5) is 4.10. The zero-order valence-electron chi connectivity index (χ0n) is 11.2. The van der Waals surface area contributed by atoms with Gasteiger partial charge in [0, 0.05) is 5.54 Å². The molecule has 0 fully saturated rings. The molecule has 0 aliphatic heterocycles. The highest BCUT2D eigenvalue weighted by molar-refractivity contribution is 4.86. The third kappa shape index (κ3) is 6.46. The molecule has 0 bridgehead atoms. The molecular formula is C13H29NO2. The molecule has 0 unspecified atom stereocenters. The molecule has 0 aromatic rings. The van der Waals surface area contributed by atoms with Crippen LogP contribution in [0.5, 0.6) is 0 Å². The van der Waals surface area contributed by atoms with Gasteiger partial charge in [-0.2, -0.15) is 0 Å². The summed E-state index contributed by atoms with van der Waals surface area (Å²) in [6, 6.07) is 0. The summed E-state index contributed by atoms with van der Waals surface area (Å²) in [5.74, 6) is 0. The normalized spacial score (nSPS) is 12.0. The molecule has 0 aliphatic carbocycles. The van der Waals surface area contributed by atoms with E-state index < -0.39 is 0 Å². The first kappa shape index (κ1) is 15.9. The third-order valence-electron chi connectivity index (χ3n) is 3.10. The number of hydrogen-bond donors (Lipinski definition) is 2. The van der Waals surface area contributed by atoms with Crippen molar-refractivity contribution in [1.82, 2.24) is 5.32 Å². The Hall–Kier alpha value is -0.120. The summed E-state index contributed by atoms with van der Waals surface area (Å²) in [6.45, 7) is 8.10. The average molecular weight is 231 g/mol. The average Bonchev–Trinajstić information content (AvgIpc) is 2.26. The first-order chi connectivity index (χ1) is 7.74. The second-order valence-electron chi connectivity index (χ2n) is 4.64. The van der Waals surface area contributed by atoms with Crippen LogP contribution in [0.2, 0.25) is 0 Å². The van der Waals surface area contributed by atoms with Gasteiger partial charge in [-0.15, -0.1) is 0 Å². The molecule has 0 heterocycles. The molecule has 0 saturated carbocycles. The van der Waals surface area contributed by atoms with Crippen molar-refractivity contribution in [3.05, 3.63) is 0 Å². The Labute approximate surface area is 101 Å².